The number of nitrogens with one attached hydrogen (secondary N) is 1. The number of halogens is 7. The molecule has 13 heteroatoms. The molecule has 1 heterocycles. The number of hydrogen-bond donors (Lipinski definition) is 1. The van der Waals surface area contributed by atoms with E-state index in [2.05, 4.69) is 5.32 Å². The van der Waals surface area contributed by atoms with Crippen molar-refractivity contribution in [3.8, 4) is 11.5 Å². The van der Waals surface area contributed by atoms with Gasteiger partial charge in [-0.05, 0) is 18.2 Å². The van der Waals surface area contributed by atoms with E-state index in [1.54, 1.807) is 0 Å². The van der Waals surface area contributed by atoms with E-state index in [-0.39, 0.29) is 27.9 Å². The van der Waals surface area contributed by atoms with Crippen molar-refractivity contribution in [1.82, 2.24) is 0 Å². The molecule has 33 heavy (non-hydrogen) atoms. The van der Waals surface area contributed by atoms with Gasteiger partial charge in [-0.2, -0.15) is 13.2 Å². The molecule has 0 amide bonds. The number of carbonyl (C=O) groups excluding carboxylic acids is 2. The maximum atomic E-state index is 14.2. The summed E-state index contributed by atoms with van der Waals surface area (Å²) in [5.41, 5.74) is -2.27. The Balaban J connectivity index is 1.97. The number of esters is 2. The lowest BCUT2D eigenvalue weighted by molar-refractivity contribution is -0.222. The molecule has 1 saturated heterocycles. The van der Waals surface area contributed by atoms with Gasteiger partial charge in [-0.3, -0.25) is 0 Å². The summed E-state index contributed by atoms with van der Waals surface area (Å²) in [7, 11) is 0. The largest absolute Gasteiger partial charge is 0.449 e. The van der Waals surface area contributed by atoms with Gasteiger partial charge in [0.25, 0.3) is 5.79 Å². The van der Waals surface area contributed by atoms with Crippen LogP contribution in [-0.4, -0.2) is 17.7 Å². The highest BCUT2D eigenvalue weighted by atomic mass is 35.5. The third kappa shape index (κ3) is 5.48. The fourth-order valence-corrected chi connectivity index (χ4v) is 2.90. The standard InChI is InChI=1S/C20H12Cl2F5NO5/c1-19(2)32-17(29)9(18(30)33-19)7-28-14-5-10(21)11(22)6-15(14)31-16-12(23)3-8(4-13(16)24)20(25,26)27/h3-7,28H,1-2H3. The van der Waals surface area contributed by atoms with Crippen LogP contribution in [0.15, 0.2) is 36.0 Å². The van der Waals surface area contributed by atoms with Gasteiger partial charge in [0.05, 0.1) is 21.3 Å². The molecule has 6 nitrogen and oxygen atoms in total. The van der Waals surface area contributed by atoms with Crippen molar-refractivity contribution in [2.75, 3.05) is 5.32 Å². The molecule has 1 fully saturated rings. The zero-order valence-electron chi connectivity index (χ0n) is 16.6. The third-order valence-electron chi connectivity index (χ3n) is 4.05. The van der Waals surface area contributed by atoms with E-state index in [0.717, 1.165) is 18.3 Å². The Morgan fingerprint density at radius 3 is 2.00 bits per heavy atom. The van der Waals surface area contributed by atoms with Crippen LogP contribution in [0.4, 0.5) is 27.6 Å². The summed E-state index contributed by atoms with van der Waals surface area (Å²) < 4.78 is 81.7. The van der Waals surface area contributed by atoms with Crippen molar-refractivity contribution in [3.05, 3.63) is 63.3 Å². The van der Waals surface area contributed by atoms with Crippen LogP contribution in [0.5, 0.6) is 11.5 Å². The molecule has 0 saturated carbocycles. The summed E-state index contributed by atoms with van der Waals surface area (Å²) in [5, 5.41) is 2.29. The fraction of sp³-hybridized carbons (Fsp3) is 0.200. The molecule has 0 spiro atoms. The zero-order chi connectivity index (χ0) is 24.7. The summed E-state index contributed by atoms with van der Waals surface area (Å²) in [4.78, 5) is 24.1. The van der Waals surface area contributed by atoms with Gasteiger partial charge in [-0.25, -0.2) is 18.4 Å². The highest BCUT2D eigenvalue weighted by Crippen LogP contribution is 2.40. The molecular weight excluding hydrogens is 500 g/mol. The summed E-state index contributed by atoms with van der Waals surface area (Å²) >= 11 is 11.8. The van der Waals surface area contributed by atoms with Crippen molar-refractivity contribution >= 4 is 40.8 Å². The fourth-order valence-electron chi connectivity index (χ4n) is 2.59. The first-order valence-corrected chi connectivity index (χ1v) is 9.60. The number of ether oxygens (including phenoxy) is 3. The third-order valence-corrected chi connectivity index (χ3v) is 4.77. The molecule has 0 radical (unpaired) electrons. The summed E-state index contributed by atoms with van der Waals surface area (Å²) in [5.74, 6) is -8.36. The second kappa shape index (κ2) is 8.71. The van der Waals surface area contributed by atoms with E-state index < -0.39 is 58.2 Å². The number of hydrogen-bond acceptors (Lipinski definition) is 6. The first kappa shape index (κ1) is 24.6. The van der Waals surface area contributed by atoms with E-state index >= 15 is 0 Å². The second-order valence-corrected chi connectivity index (χ2v) is 7.83. The second-order valence-electron chi connectivity index (χ2n) is 7.01. The average molecular weight is 512 g/mol. The molecule has 2 aromatic carbocycles. The van der Waals surface area contributed by atoms with Crippen LogP contribution < -0.4 is 10.1 Å². The highest BCUT2D eigenvalue weighted by molar-refractivity contribution is 6.42. The number of alkyl halides is 3. The first-order valence-electron chi connectivity index (χ1n) is 8.84. The molecule has 0 aliphatic carbocycles. The smallest absolute Gasteiger partial charge is 0.416 e. The minimum atomic E-state index is -4.99. The van der Waals surface area contributed by atoms with E-state index in [4.69, 9.17) is 37.4 Å². The van der Waals surface area contributed by atoms with Crippen LogP contribution >= 0.6 is 23.2 Å². The Labute approximate surface area is 192 Å². The van der Waals surface area contributed by atoms with E-state index in [0.29, 0.717) is 0 Å². The molecule has 176 valence electrons. The Hall–Kier alpha value is -3.05. The van der Waals surface area contributed by atoms with Crippen molar-refractivity contribution in [2.24, 2.45) is 0 Å². The Kier molecular flexibility index (Phi) is 6.49. The van der Waals surface area contributed by atoms with Gasteiger partial charge in [0, 0.05) is 26.1 Å². The SMILES string of the molecule is CC1(C)OC(=O)C(=CNc2cc(Cl)c(Cl)cc2Oc2c(F)cc(C(F)(F)F)cc2F)C(=O)O1. The van der Waals surface area contributed by atoms with Gasteiger partial charge in [-0.15, -0.1) is 0 Å². The topological polar surface area (TPSA) is 73.9 Å². The van der Waals surface area contributed by atoms with Crippen LogP contribution in [0.2, 0.25) is 10.0 Å². The average Bonchev–Trinajstić information content (AvgIpc) is 2.65. The van der Waals surface area contributed by atoms with Gasteiger partial charge in [-0.1, -0.05) is 23.2 Å². The molecule has 1 aliphatic rings. The summed E-state index contributed by atoms with van der Waals surface area (Å²) in [6.45, 7) is 2.68. The van der Waals surface area contributed by atoms with Crippen molar-refractivity contribution < 1.29 is 45.8 Å². The predicted molar refractivity (Wildman–Crippen MR) is 106 cm³/mol. The normalized spacial score (nSPS) is 15.6. The Morgan fingerprint density at radius 2 is 1.48 bits per heavy atom. The lowest BCUT2D eigenvalue weighted by atomic mass is 10.2. The number of benzene rings is 2. The quantitative estimate of drug-likeness (QED) is 0.227. The number of carbonyl (C=O) groups is 2. The van der Waals surface area contributed by atoms with Crippen LogP contribution in [0.1, 0.15) is 19.4 Å². The number of cyclic esters (lactones) is 2. The molecule has 2 aromatic rings. The van der Waals surface area contributed by atoms with Crippen LogP contribution in [-0.2, 0) is 25.2 Å². The van der Waals surface area contributed by atoms with Gasteiger partial charge >= 0.3 is 18.1 Å². The number of rotatable bonds is 4. The first-order chi connectivity index (χ1) is 15.2. The van der Waals surface area contributed by atoms with Crippen LogP contribution in [0, 0.1) is 11.6 Å². The lowest BCUT2D eigenvalue weighted by Gasteiger charge is -2.29. The Morgan fingerprint density at radius 1 is 0.970 bits per heavy atom. The molecular formula is C20H12Cl2F5NO5. The van der Waals surface area contributed by atoms with Crippen LogP contribution in [0.3, 0.4) is 0 Å². The summed E-state index contributed by atoms with van der Waals surface area (Å²) in [6, 6.07) is 2.25. The molecule has 0 unspecified atom stereocenters. The van der Waals surface area contributed by atoms with Crippen molar-refractivity contribution in [3.63, 3.8) is 0 Å². The minimum absolute atomic E-state index is 0.0564. The monoisotopic (exact) mass is 511 g/mol. The molecule has 1 N–H and O–H groups in total. The van der Waals surface area contributed by atoms with E-state index in [9.17, 15) is 31.5 Å². The van der Waals surface area contributed by atoms with E-state index in [1.807, 2.05) is 0 Å². The van der Waals surface area contributed by atoms with Crippen molar-refractivity contribution in [1.29, 1.82) is 0 Å². The molecule has 3 rings (SSSR count). The molecule has 0 aromatic heterocycles. The maximum absolute atomic E-state index is 14.2. The molecule has 0 bridgehead atoms. The van der Waals surface area contributed by atoms with Gasteiger partial charge in [0.15, 0.2) is 28.7 Å². The minimum Gasteiger partial charge on any atom is -0.449 e. The van der Waals surface area contributed by atoms with Gasteiger partial charge in [0.2, 0.25) is 0 Å². The molecule has 0 atom stereocenters. The maximum Gasteiger partial charge on any atom is 0.416 e. The van der Waals surface area contributed by atoms with Gasteiger partial charge < -0.3 is 19.5 Å². The van der Waals surface area contributed by atoms with E-state index in [1.165, 1.54) is 13.8 Å². The van der Waals surface area contributed by atoms with Crippen molar-refractivity contribution in [2.45, 2.75) is 25.8 Å². The Bertz CT molecular complexity index is 1140. The van der Waals surface area contributed by atoms with Crippen LogP contribution in [0.25, 0.3) is 0 Å². The predicted octanol–water partition coefficient (Wildman–Crippen LogP) is 6.21. The zero-order valence-corrected chi connectivity index (χ0v) is 18.1. The molecule has 1 aliphatic heterocycles. The van der Waals surface area contributed by atoms with Gasteiger partial charge in [0.1, 0.15) is 0 Å². The number of anilines is 1. The lowest BCUT2D eigenvalue weighted by Crippen LogP contribution is -2.42. The summed E-state index contributed by atoms with van der Waals surface area (Å²) in [6.07, 6.45) is -4.12. The highest BCUT2D eigenvalue weighted by Gasteiger charge is 2.39.